The van der Waals surface area contributed by atoms with Crippen LogP contribution in [0.3, 0.4) is 0 Å². The third-order valence-corrected chi connectivity index (χ3v) is 3.59. The van der Waals surface area contributed by atoms with E-state index in [2.05, 4.69) is 5.32 Å². The number of nitrogens with one attached hydrogen (secondary N) is 1. The number of hydrogen-bond acceptors (Lipinski definition) is 2. The van der Waals surface area contributed by atoms with Crippen LogP contribution in [0.2, 0.25) is 5.02 Å². The predicted octanol–water partition coefficient (Wildman–Crippen LogP) is 3.57. The number of anilines is 1. The average molecular weight is 317 g/mol. The van der Waals surface area contributed by atoms with E-state index in [1.807, 2.05) is 18.2 Å². The van der Waals surface area contributed by atoms with Gasteiger partial charge in [0.15, 0.2) is 0 Å². The van der Waals surface area contributed by atoms with Gasteiger partial charge in [0.25, 0.3) is 5.91 Å². The molecule has 114 valence electrons. The minimum Gasteiger partial charge on any atom is -0.342 e. The lowest BCUT2D eigenvalue weighted by Crippen LogP contribution is -2.23. The largest absolute Gasteiger partial charge is 0.342 e. The van der Waals surface area contributed by atoms with Gasteiger partial charge in [-0.25, -0.2) is 0 Å². The van der Waals surface area contributed by atoms with Crippen LogP contribution >= 0.6 is 11.6 Å². The summed E-state index contributed by atoms with van der Waals surface area (Å²) in [5.41, 5.74) is 2.03. The monoisotopic (exact) mass is 316 g/mol. The lowest BCUT2D eigenvalue weighted by molar-refractivity contribution is -0.128. The molecule has 0 aliphatic heterocycles. The number of hydrogen-bond donors (Lipinski definition) is 1. The molecule has 0 saturated heterocycles. The summed E-state index contributed by atoms with van der Waals surface area (Å²) in [5.74, 6) is -0.270. The van der Waals surface area contributed by atoms with E-state index in [9.17, 15) is 9.59 Å². The van der Waals surface area contributed by atoms with E-state index in [4.69, 9.17) is 11.6 Å². The first kappa shape index (κ1) is 16.0. The fraction of sp³-hybridized carbons (Fsp3) is 0.176. The highest BCUT2D eigenvalue weighted by atomic mass is 35.5. The fourth-order valence-electron chi connectivity index (χ4n) is 1.98. The van der Waals surface area contributed by atoms with E-state index in [1.165, 1.54) is 6.92 Å². The van der Waals surface area contributed by atoms with Crippen molar-refractivity contribution in [2.45, 2.75) is 13.5 Å². The minimum absolute atomic E-state index is 0.00879. The van der Waals surface area contributed by atoms with Crippen LogP contribution in [0, 0.1) is 0 Å². The highest BCUT2D eigenvalue weighted by molar-refractivity contribution is 6.34. The van der Waals surface area contributed by atoms with Gasteiger partial charge in [0, 0.05) is 26.2 Å². The summed E-state index contributed by atoms with van der Waals surface area (Å²) in [6.07, 6.45) is 0. The summed E-state index contributed by atoms with van der Waals surface area (Å²) in [6.45, 7) is 2.01. The Kier molecular flexibility index (Phi) is 5.17. The zero-order chi connectivity index (χ0) is 16.1. The van der Waals surface area contributed by atoms with Crippen LogP contribution in [-0.4, -0.2) is 23.8 Å². The van der Waals surface area contributed by atoms with Crippen molar-refractivity contribution in [3.8, 4) is 0 Å². The molecule has 4 nitrogen and oxygen atoms in total. The molecule has 0 aliphatic rings. The molecular weight excluding hydrogens is 300 g/mol. The first-order chi connectivity index (χ1) is 10.5. The highest BCUT2D eigenvalue weighted by Crippen LogP contribution is 2.18. The van der Waals surface area contributed by atoms with E-state index in [0.29, 0.717) is 22.8 Å². The number of carbonyl (C=O) groups excluding carboxylic acids is 2. The fourth-order valence-corrected chi connectivity index (χ4v) is 2.20. The second-order valence-corrected chi connectivity index (χ2v) is 5.42. The van der Waals surface area contributed by atoms with Crippen LogP contribution in [-0.2, 0) is 11.3 Å². The van der Waals surface area contributed by atoms with E-state index in [0.717, 1.165) is 5.56 Å². The summed E-state index contributed by atoms with van der Waals surface area (Å²) in [5, 5.41) is 3.22. The molecule has 0 bridgehead atoms. The third-order valence-electron chi connectivity index (χ3n) is 3.26. The molecule has 1 N–H and O–H groups in total. The summed E-state index contributed by atoms with van der Waals surface area (Å²) in [6, 6.07) is 14.3. The van der Waals surface area contributed by atoms with Crippen LogP contribution in [0.4, 0.5) is 5.69 Å². The number of benzene rings is 2. The van der Waals surface area contributed by atoms with Crippen molar-refractivity contribution in [2.24, 2.45) is 0 Å². The number of halogens is 1. The average Bonchev–Trinajstić information content (AvgIpc) is 2.47. The summed E-state index contributed by atoms with van der Waals surface area (Å²) in [7, 11) is 1.73. The number of nitrogens with zero attached hydrogens (tertiary/aromatic N) is 1. The van der Waals surface area contributed by atoms with Gasteiger partial charge in [-0.05, 0) is 29.8 Å². The van der Waals surface area contributed by atoms with Gasteiger partial charge in [-0.1, -0.05) is 35.9 Å². The number of carbonyl (C=O) groups is 2. The van der Waals surface area contributed by atoms with Crippen molar-refractivity contribution >= 4 is 29.1 Å². The second kappa shape index (κ2) is 7.09. The Morgan fingerprint density at radius 2 is 1.86 bits per heavy atom. The third kappa shape index (κ3) is 4.09. The smallest absolute Gasteiger partial charge is 0.257 e. The molecule has 0 saturated carbocycles. The summed E-state index contributed by atoms with van der Waals surface area (Å²) < 4.78 is 0. The Morgan fingerprint density at radius 1 is 1.14 bits per heavy atom. The molecule has 5 heteroatoms. The maximum atomic E-state index is 12.2. The zero-order valence-electron chi connectivity index (χ0n) is 12.5. The van der Waals surface area contributed by atoms with Gasteiger partial charge in [-0.15, -0.1) is 0 Å². The quantitative estimate of drug-likeness (QED) is 0.937. The van der Waals surface area contributed by atoms with E-state index in [-0.39, 0.29) is 11.8 Å². The maximum absolute atomic E-state index is 12.2. The SMILES string of the molecule is CC(=O)N(C)Cc1cccc(NC(=O)c2ccccc2Cl)c1. The van der Waals surface area contributed by atoms with Crippen LogP contribution in [0.1, 0.15) is 22.8 Å². The molecule has 0 atom stereocenters. The second-order valence-electron chi connectivity index (χ2n) is 5.01. The van der Waals surface area contributed by atoms with Crippen molar-refractivity contribution in [3.63, 3.8) is 0 Å². The Labute approximate surface area is 134 Å². The van der Waals surface area contributed by atoms with Crippen LogP contribution in [0.15, 0.2) is 48.5 Å². The van der Waals surface area contributed by atoms with Gasteiger partial charge < -0.3 is 10.2 Å². The number of amides is 2. The maximum Gasteiger partial charge on any atom is 0.257 e. The Balaban J connectivity index is 2.12. The number of rotatable bonds is 4. The Bertz CT molecular complexity index is 701. The predicted molar refractivity (Wildman–Crippen MR) is 88.0 cm³/mol. The van der Waals surface area contributed by atoms with Gasteiger partial charge in [-0.2, -0.15) is 0 Å². The Morgan fingerprint density at radius 3 is 2.55 bits per heavy atom. The van der Waals surface area contributed by atoms with E-state index >= 15 is 0 Å². The van der Waals surface area contributed by atoms with Crippen LogP contribution in [0.5, 0.6) is 0 Å². The molecule has 0 spiro atoms. The van der Waals surface area contributed by atoms with Crippen molar-refractivity contribution in [1.82, 2.24) is 4.90 Å². The van der Waals surface area contributed by atoms with Gasteiger partial charge in [-0.3, -0.25) is 9.59 Å². The summed E-state index contributed by atoms with van der Waals surface area (Å²) in [4.78, 5) is 25.1. The van der Waals surface area contributed by atoms with Crippen LogP contribution in [0.25, 0.3) is 0 Å². The van der Waals surface area contributed by atoms with Gasteiger partial charge in [0.05, 0.1) is 10.6 Å². The molecule has 2 aromatic rings. The molecule has 22 heavy (non-hydrogen) atoms. The minimum atomic E-state index is -0.261. The lowest BCUT2D eigenvalue weighted by Gasteiger charge is -2.15. The molecule has 2 amide bonds. The highest BCUT2D eigenvalue weighted by Gasteiger charge is 2.10. The van der Waals surface area contributed by atoms with Gasteiger partial charge >= 0.3 is 0 Å². The molecule has 2 aromatic carbocycles. The van der Waals surface area contributed by atoms with Crippen molar-refractivity contribution in [3.05, 3.63) is 64.7 Å². The van der Waals surface area contributed by atoms with E-state index in [1.54, 1.807) is 42.3 Å². The molecule has 0 aliphatic carbocycles. The van der Waals surface area contributed by atoms with Gasteiger partial charge in [0.2, 0.25) is 5.91 Å². The molecule has 0 aromatic heterocycles. The van der Waals surface area contributed by atoms with Gasteiger partial charge in [0.1, 0.15) is 0 Å². The molecule has 0 heterocycles. The molecule has 0 unspecified atom stereocenters. The Hall–Kier alpha value is -2.33. The first-order valence-electron chi connectivity index (χ1n) is 6.84. The summed E-state index contributed by atoms with van der Waals surface area (Å²) >= 11 is 6.02. The molecule has 0 fully saturated rings. The normalized spacial score (nSPS) is 10.1. The van der Waals surface area contributed by atoms with Crippen LogP contribution < -0.4 is 5.32 Å². The zero-order valence-corrected chi connectivity index (χ0v) is 13.2. The first-order valence-corrected chi connectivity index (χ1v) is 7.21. The van der Waals surface area contributed by atoms with Crippen molar-refractivity contribution in [1.29, 1.82) is 0 Å². The molecule has 0 radical (unpaired) electrons. The van der Waals surface area contributed by atoms with Crippen molar-refractivity contribution < 1.29 is 9.59 Å². The van der Waals surface area contributed by atoms with Crippen molar-refractivity contribution in [2.75, 3.05) is 12.4 Å². The lowest BCUT2D eigenvalue weighted by atomic mass is 10.1. The topological polar surface area (TPSA) is 49.4 Å². The standard InChI is InChI=1S/C17H17ClN2O2/c1-12(21)20(2)11-13-6-5-7-14(10-13)19-17(22)15-8-3-4-9-16(15)18/h3-10H,11H2,1-2H3,(H,19,22). The van der Waals surface area contributed by atoms with E-state index < -0.39 is 0 Å². The molecule has 2 rings (SSSR count). The molecular formula is C17H17ClN2O2.